The van der Waals surface area contributed by atoms with Gasteiger partial charge in [-0.3, -0.25) is 9.59 Å². The molecule has 30 heavy (non-hydrogen) atoms. The first-order valence-electron chi connectivity index (χ1n) is 9.13. The lowest BCUT2D eigenvalue weighted by molar-refractivity contribution is -0.112. The van der Waals surface area contributed by atoms with Crippen molar-refractivity contribution >= 4 is 27.4 Å². The van der Waals surface area contributed by atoms with Gasteiger partial charge in [0.05, 0.1) is 27.5 Å². The van der Waals surface area contributed by atoms with Crippen LogP contribution in [0, 0.1) is 13.8 Å². The monoisotopic (exact) mass is 426 g/mol. The summed E-state index contributed by atoms with van der Waals surface area (Å²) >= 11 is 0. The Hall–Kier alpha value is -3.30. The molecule has 1 heterocycles. The summed E-state index contributed by atoms with van der Waals surface area (Å²) in [6, 6.07) is 14.9. The molecule has 3 aromatic rings. The molecule has 0 spiro atoms. The van der Waals surface area contributed by atoms with Crippen molar-refractivity contribution in [3.63, 3.8) is 0 Å². The number of amides is 1. The highest BCUT2D eigenvalue weighted by Gasteiger charge is 2.25. The Bertz CT molecular complexity index is 1200. The molecular formula is C21H22N4O4S. The summed E-state index contributed by atoms with van der Waals surface area (Å²) < 4.78 is 27.0. The first kappa shape index (κ1) is 21.4. The molecule has 1 N–H and O–H groups in total. The standard InChI is InChI=1S/C21H22N4O4S/c1-14-19(15(2)25(23-14)17-8-6-5-7-9-17)20(26)21(27)22-16-10-12-18(13-11-16)30(28,29)24(3)4/h5-13H,1-4H3,(H,22,27). The van der Waals surface area contributed by atoms with E-state index in [0.717, 1.165) is 9.99 Å². The third kappa shape index (κ3) is 4.03. The molecule has 0 radical (unpaired) electrons. The third-order valence-electron chi connectivity index (χ3n) is 4.62. The summed E-state index contributed by atoms with van der Waals surface area (Å²) in [6.45, 7) is 3.41. The minimum Gasteiger partial charge on any atom is -0.319 e. The number of aromatic nitrogens is 2. The van der Waals surface area contributed by atoms with Crippen LogP contribution in [0.25, 0.3) is 5.69 Å². The SMILES string of the molecule is Cc1nn(-c2ccccc2)c(C)c1C(=O)C(=O)Nc1ccc(S(=O)(=O)N(C)C)cc1. The second-order valence-corrected chi connectivity index (χ2v) is 9.04. The maximum Gasteiger partial charge on any atom is 0.296 e. The minimum atomic E-state index is -3.57. The Labute approximate surface area is 175 Å². The summed E-state index contributed by atoms with van der Waals surface area (Å²) in [5.41, 5.74) is 2.35. The molecule has 0 saturated heterocycles. The van der Waals surface area contributed by atoms with Gasteiger partial charge in [0.1, 0.15) is 0 Å². The van der Waals surface area contributed by atoms with E-state index in [0.29, 0.717) is 17.1 Å². The number of Topliss-reactive ketones (excluding diaryl/α,β-unsaturated/α-hetero) is 1. The maximum absolute atomic E-state index is 12.8. The number of sulfonamides is 1. The van der Waals surface area contributed by atoms with Crippen LogP contribution in [-0.2, 0) is 14.8 Å². The molecule has 0 bridgehead atoms. The number of hydrogen-bond acceptors (Lipinski definition) is 5. The number of benzene rings is 2. The first-order valence-corrected chi connectivity index (χ1v) is 10.6. The van der Waals surface area contributed by atoms with Crippen LogP contribution in [0.4, 0.5) is 5.69 Å². The fraction of sp³-hybridized carbons (Fsp3) is 0.190. The van der Waals surface area contributed by atoms with Crippen LogP contribution >= 0.6 is 0 Å². The molecule has 9 heteroatoms. The second-order valence-electron chi connectivity index (χ2n) is 6.89. The van der Waals surface area contributed by atoms with Gasteiger partial charge in [-0.2, -0.15) is 5.10 Å². The van der Waals surface area contributed by atoms with E-state index >= 15 is 0 Å². The molecule has 0 aliphatic heterocycles. The van der Waals surface area contributed by atoms with Crippen molar-refractivity contribution in [1.82, 2.24) is 14.1 Å². The van der Waals surface area contributed by atoms with Gasteiger partial charge in [-0.1, -0.05) is 18.2 Å². The summed E-state index contributed by atoms with van der Waals surface area (Å²) in [4.78, 5) is 25.4. The highest BCUT2D eigenvalue weighted by Crippen LogP contribution is 2.20. The number of anilines is 1. The molecule has 8 nitrogen and oxygen atoms in total. The number of carbonyl (C=O) groups excluding carboxylic acids is 2. The number of nitrogens with zero attached hydrogens (tertiary/aromatic N) is 3. The number of ketones is 1. The Morgan fingerprint density at radius 1 is 0.967 bits per heavy atom. The van der Waals surface area contributed by atoms with E-state index in [-0.39, 0.29) is 10.5 Å². The molecule has 3 rings (SSSR count). The Balaban J connectivity index is 1.82. The fourth-order valence-electron chi connectivity index (χ4n) is 3.01. The molecule has 0 fully saturated rings. The second kappa shape index (κ2) is 8.21. The largest absolute Gasteiger partial charge is 0.319 e. The van der Waals surface area contributed by atoms with Crippen molar-refractivity contribution in [2.75, 3.05) is 19.4 Å². The molecule has 0 unspecified atom stereocenters. The van der Waals surface area contributed by atoms with Crippen LogP contribution < -0.4 is 5.32 Å². The van der Waals surface area contributed by atoms with E-state index in [1.54, 1.807) is 18.5 Å². The summed E-state index contributed by atoms with van der Waals surface area (Å²) in [6.07, 6.45) is 0. The lowest BCUT2D eigenvalue weighted by atomic mass is 10.1. The smallest absolute Gasteiger partial charge is 0.296 e. The van der Waals surface area contributed by atoms with Gasteiger partial charge in [0.2, 0.25) is 10.0 Å². The Morgan fingerprint density at radius 3 is 2.13 bits per heavy atom. The van der Waals surface area contributed by atoms with Gasteiger partial charge in [-0.05, 0) is 50.2 Å². The summed E-state index contributed by atoms with van der Waals surface area (Å²) in [5.74, 6) is -1.53. The van der Waals surface area contributed by atoms with Crippen LogP contribution in [0.15, 0.2) is 59.5 Å². The van der Waals surface area contributed by atoms with Crippen LogP contribution in [-0.4, -0.2) is 48.3 Å². The van der Waals surface area contributed by atoms with Gasteiger partial charge in [-0.25, -0.2) is 17.4 Å². The number of carbonyl (C=O) groups is 2. The van der Waals surface area contributed by atoms with Gasteiger partial charge in [0.15, 0.2) is 0 Å². The molecule has 0 aliphatic carbocycles. The van der Waals surface area contributed by atoms with E-state index < -0.39 is 21.7 Å². The zero-order valence-electron chi connectivity index (χ0n) is 17.1. The van der Waals surface area contributed by atoms with E-state index in [4.69, 9.17) is 0 Å². The molecule has 0 atom stereocenters. The van der Waals surface area contributed by atoms with Crippen molar-refractivity contribution in [3.05, 3.63) is 71.5 Å². The lowest BCUT2D eigenvalue weighted by Crippen LogP contribution is -2.24. The molecule has 1 aromatic heterocycles. The number of para-hydroxylation sites is 1. The van der Waals surface area contributed by atoms with Gasteiger partial charge in [0.25, 0.3) is 11.7 Å². The van der Waals surface area contributed by atoms with E-state index in [1.807, 2.05) is 30.3 Å². The van der Waals surface area contributed by atoms with Gasteiger partial charge in [-0.15, -0.1) is 0 Å². The van der Waals surface area contributed by atoms with E-state index in [9.17, 15) is 18.0 Å². The number of rotatable bonds is 6. The molecule has 0 saturated carbocycles. The molecular weight excluding hydrogens is 404 g/mol. The minimum absolute atomic E-state index is 0.0904. The number of aryl methyl sites for hydroxylation is 1. The average Bonchev–Trinajstić information content (AvgIpc) is 3.02. The first-order chi connectivity index (χ1) is 14.1. The predicted octanol–water partition coefficient (Wildman–Crippen LogP) is 2.56. The maximum atomic E-state index is 12.8. The highest BCUT2D eigenvalue weighted by atomic mass is 32.2. The molecule has 156 valence electrons. The highest BCUT2D eigenvalue weighted by molar-refractivity contribution is 7.89. The van der Waals surface area contributed by atoms with Crippen molar-refractivity contribution < 1.29 is 18.0 Å². The normalized spacial score (nSPS) is 11.5. The molecule has 1 amide bonds. The predicted molar refractivity (Wildman–Crippen MR) is 113 cm³/mol. The van der Waals surface area contributed by atoms with Gasteiger partial charge in [0, 0.05) is 19.8 Å². The van der Waals surface area contributed by atoms with Crippen molar-refractivity contribution in [1.29, 1.82) is 0 Å². The summed E-state index contributed by atoms with van der Waals surface area (Å²) in [5, 5.41) is 6.91. The quantitative estimate of drug-likeness (QED) is 0.482. The average molecular weight is 426 g/mol. The summed E-state index contributed by atoms with van der Waals surface area (Å²) in [7, 11) is -0.705. The van der Waals surface area contributed by atoms with E-state index in [2.05, 4.69) is 10.4 Å². The third-order valence-corrected chi connectivity index (χ3v) is 6.45. The van der Waals surface area contributed by atoms with Gasteiger partial charge < -0.3 is 5.32 Å². The van der Waals surface area contributed by atoms with E-state index in [1.165, 1.54) is 38.4 Å². The van der Waals surface area contributed by atoms with Crippen molar-refractivity contribution in [3.8, 4) is 5.69 Å². The zero-order valence-corrected chi connectivity index (χ0v) is 17.9. The number of hydrogen-bond donors (Lipinski definition) is 1. The Morgan fingerprint density at radius 2 is 1.57 bits per heavy atom. The fourth-order valence-corrected chi connectivity index (χ4v) is 3.92. The van der Waals surface area contributed by atoms with Crippen LogP contribution in [0.2, 0.25) is 0 Å². The molecule has 0 aliphatic rings. The van der Waals surface area contributed by atoms with Crippen LogP contribution in [0.3, 0.4) is 0 Å². The van der Waals surface area contributed by atoms with Crippen molar-refractivity contribution in [2.45, 2.75) is 18.7 Å². The van der Waals surface area contributed by atoms with Crippen LogP contribution in [0.1, 0.15) is 21.7 Å². The van der Waals surface area contributed by atoms with Gasteiger partial charge >= 0.3 is 0 Å². The molecule has 2 aromatic carbocycles. The van der Waals surface area contributed by atoms with Crippen molar-refractivity contribution in [2.24, 2.45) is 0 Å². The zero-order chi connectivity index (χ0) is 22.1. The lowest BCUT2D eigenvalue weighted by Gasteiger charge is -2.12. The topological polar surface area (TPSA) is 101 Å². The van der Waals surface area contributed by atoms with Crippen LogP contribution in [0.5, 0.6) is 0 Å². The number of nitrogens with one attached hydrogen (secondary N) is 1. The Kier molecular flexibility index (Phi) is 5.86.